The fraction of sp³-hybridized carbons (Fsp3) is 0.429. The maximum atomic E-state index is 12.3. The Bertz CT molecular complexity index is 445. The third-order valence-electron chi connectivity index (χ3n) is 3.36. The molecule has 2 rings (SSSR count). The second-order valence-electron chi connectivity index (χ2n) is 4.79. The Hall–Kier alpha value is -1.88. The fourth-order valence-electron chi connectivity index (χ4n) is 2.21. The molecule has 0 atom stereocenters. The largest absolute Gasteiger partial charge is 0.337 e. The van der Waals surface area contributed by atoms with Gasteiger partial charge in [-0.25, -0.2) is 0 Å². The van der Waals surface area contributed by atoms with Crippen LogP contribution in [0.5, 0.6) is 0 Å². The average molecular weight is 261 g/mol. The normalized spacial score (nSPS) is 16.8. The number of rotatable bonds is 3. The molecule has 0 aliphatic carbocycles. The molecule has 2 amide bonds. The minimum Gasteiger partial charge on any atom is -0.337 e. The van der Waals surface area contributed by atoms with Gasteiger partial charge in [0, 0.05) is 30.9 Å². The SMILES string of the molecule is CN1CCCN(C(=O)c2ccc(NC=O)cc2)CC1. The van der Waals surface area contributed by atoms with Gasteiger partial charge < -0.3 is 15.1 Å². The van der Waals surface area contributed by atoms with Gasteiger partial charge in [-0.15, -0.1) is 0 Å². The quantitative estimate of drug-likeness (QED) is 0.827. The second kappa shape index (κ2) is 6.33. The molecule has 1 N–H and O–H groups in total. The van der Waals surface area contributed by atoms with Crippen LogP contribution in [0.25, 0.3) is 0 Å². The van der Waals surface area contributed by atoms with Crippen molar-refractivity contribution in [2.75, 3.05) is 38.5 Å². The molecule has 19 heavy (non-hydrogen) atoms. The highest BCUT2D eigenvalue weighted by molar-refractivity contribution is 5.94. The summed E-state index contributed by atoms with van der Waals surface area (Å²) < 4.78 is 0. The van der Waals surface area contributed by atoms with E-state index in [2.05, 4.69) is 17.3 Å². The predicted octanol–water partition coefficient (Wildman–Crippen LogP) is 1.03. The van der Waals surface area contributed by atoms with E-state index in [4.69, 9.17) is 0 Å². The van der Waals surface area contributed by atoms with E-state index in [9.17, 15) is 9.59 Å². The standard InChI is InChI=1S/C14H19N3O2/c1-16-7-2-8-17(10-9-16)14(19)12-3-5-13(6-4-12)15-11-18/h3-6,11H,2,7-10H2,1H3,(H,15,18). The first kappa shape index (κ1) is 13.5. The molecular formula is C14H19N3O2. The van der Waals surface area contributed by atoms with Crippen molar-refractivity contribution in [3.63, 3.8) is 0 Å². The number of nitrogens with one attached hydrogen (secondary N) is 1. The summed E-state index contributed by atoms with van der Waals surface area (Å²) in [7, 11) is 2.08. The number of anilines is 1. The van der Waals surface area contributed by atoms with Gasteiger partial charge >= 0.3 is 0 Å². The summed E-state index contributed by atoms with van der Waals surface area (Å²) in [5.74, 6) is 0.0629. The summed E-state index contributed by atoms with van der Waals surface area (Å²) in [6.07, 6.45) is 1.63. The van der Waals surface area contributed by atoms with Crippen LogP contribution in [0.1, 0.15) is 16.8 Å². The topological polar surface area (TPSA) is 52.6 Å². The zero-order chi connectivity index (χ0) is 13.7. The first-order valence-corrected chi connectivity index (χ1v) is 6.49. The lowest BCUT2D eigenvalue weighted by atomic mass is 10.1. The molecule has 1 aromatic rings. The lowest BCUT2D eigenvalue weighted by Crippen LogP contribution is -2.34. The molecule has 0 spiro atoms. The Morgan fingerprint density at radius 3 is 2.58 bits per heavy atom. The molecule has 1 aliphatic rings. The lowest BCUT2D eigenvalue weighted by molar-refractivity contribution is -0.105. The van der Waals surface area contributed by atoms with E-state index >= 15 is 0 Å². The molecule has 1 heterocycles. The van der Waals surface area contributed by atoms with Crippen LogP contribution in [-0.4, -0.2) is 55.3 Å². The van der Waals surface area contributed by atoms with Gasteiger partial charge in [0.2, 0.25) is 6.41 Å². The van der Waals surface area contributed by atoms with Crippen molar-refractivity contribution in [1.82, 2.24) is 9.80 Å². The maximum absolute atomic E-state index is 12.3. The first-order valence-electron chi connectivity index (χ1n) is 6.49. The zero-order valence-electron chi connectivity index (χ0n) is 11.1. The Labute approximate surface area is 113 Å². The number of likely N-dealkylation sites (N-methyl/N-ethyl adjacent to an activating group) is 1. The Balaban J connectivity index is 2.03. The molecule has 0 saturated carbocycles. The van der Waals surface area contributed by atoms with Crippen LogP contribution >= 0.6 is 0 Å². The summed E-state index contributed by atoms with van der Waals surface area (Å²) >= 11 is 0. The molecule has 1 aromatic carbocycles. The van der Waals surface area contributed by atoms with Crippen molar-refractivity contribution in [3.05, 3.63) is 29.8 Å². The van der Waals surface area contributed by atoms with E-state index in [1.165, 1.54) is 0 Å². The molecule has 0 bridgehead atoms. The van der Waals surface area contributed by atoms with Crippen LogP contribution in [0, 0.1) is 0 Å². The third kappa shape index (κ3) is 3.54. The van der Waals surface area contributed by atoms with Gasteiger partial charge in [0.1, 0.15) is 0 Å². The smallest absolute Gasteiger partial charge is 0.253 e. The number of amides is 2. The van der Waals surface area contributed by atoms with Crippen molar-refractivity contribution in [1.29, 1.82) is 0 Å². The Kier molecular flexibility index (Phi) is 4.52. The predicted molar refractivity (Wildman–Crippen MR) is 74.1 cm³/mol. The number of hydrogen-bond acceptors (Lipinski definition) is 3. The molecular weight excluding hydrogens is 242 g/mol. The van der Waals surface area contributed by atoms with Gasteiger partial charge in [-0.1, -0.05) is 0 Å². The third-order valence-corrected chi connectivity index (χ3v) is 3.36. The molecule has 0 aromatic heterocycles. The maximum Gasteiger partial charge on any atom is 0.253 e. The number of carbonyl (C=O) groups excluding carboxylic acids is 2. The van der Waals surface area contributed by atoms with Crippen molar-refractivity contribution < 1.29 is 9.59 Å². The highest BCUT2D eigenvalue weighted by Crippen LogP contribution is 2.12. The van der Waals surface area contributed by atoms with Crippen molar-refractivity contribution in [2.45, 2.75) is 6.42 Å². The molecule has 0 unspecified atom stereocenters. The van der Waals surface area contributed by atoms with Gasteiger partial charge in [0.25, 0.3) is 5.91 Å². The summed E-state index contributed by atoms with van der Waals surface area (Å²) in [6.45, 7) is 3.52. The molecule has 0 radical (unpaired) electrons. The van der Waals surface area contributed by atoms with Crippen molar-refractivity contribution in [3.8, 4) is 0 Å². The minimum atomic E-state index is 0.0629. The summed E-state index contributed by atoms with van der Waals surface area (Å²) in [5, 5.41) is 2.56. The van der Waals surface area contributed by atoms with Crippen LogP contribution in [-0.2, 0) is 4.79 Å². The number of nitrogens with zero attached hydrogens (tertiary/aromatic N) is 2. The van der Waals surface area contributed by atoms with Crippen LogP contribution in [0.2, 0.25) is 0 Å². The molecule has 1 aliphatic heterocycles. The highest BCUT2D eigenvalue weighted by atomic mass is 16.2. The molecule has 5 heteroatoms. The summed E-state index contributed by atoms with van der Waals surface area (Å²) in [5.41, 5.74) is 1.36. The van der Waals surface area contributed by atoms with E-state index in [-0.39, 0.29) is 5.91 Å². The van der Waals surface area contributed by atoms with Crippen LogP contribution < -0.4 is 5.32 Å². The van der Waals surface area contributed by atoms with Crippen molar-refractivity contribution >= 4 is 18.0 Å². The fourth-order valence-corrected chi connectivity index (χ4v) is 2.21. The molecule has 1 fully saturated rings. The van der Waals surface area contributed by atoms with Crippen LogP contribution in [0.4, 0.5) is 5.69 Å². The minimum absolute atomic E-state index is 0.0629. The van der Waals surface area contributed by atoms with E-state index in [0.29, 0.717) is 17.7 Å². The molecule has 5 nitrogen and oxygen atoms in total. The van der Waals surface area contributed by atoms with Gasteiger partial charge in [-0.2, -0.15) is 0 Å². The number of hydrogen-bond donors (Lipinski definition) is 1. The number of benzene rings is 1. The lowest BCUT2D eigenvalue weighted by Gasteiger charge is -2.20. The van der Waals surface area contributed by atoms with E-state index in [1.807, 2.05) is 4.90 Å². The first-order chi connectivity index (χ1) is 9.20. The average Bonchev–Trinajstić information content (AvgIpc) is 2.64. The van der Waals surface area contributed by atoms with Gasteiger partial charge in [0.05, 0.1) is 0 Å². The molecule has 1 saturated heterocycles. The highest BCUT2D eigenvalue weighted by Gasteiger charge is 2.18. The Morgan fingerprint density at radius 1 is 1.16 bits per heavy atom. The van der Waals surface area contributed by atoms with Gasteiger partial charge in [-0.05, 0) is 44.3 Å². The van der Waals surface area contributed by atoms with Gasteiger partial charge in [-0.3, -0.25) is 9.59 Å². The van der Waals surface area contributed by atoms with E-state index in [0.717, 1.165) is 32.6 Å². The van der Waals surface area contributed by atoms with Gasteiger partial charge in [0.15, 0.2) is 0 Å². The summed E-state index contributed by atoms with van der Waals surface area (Å²) in [6, 6.07) is 6.99. The van der Waals surface area contributed by atoms with Crippen LogP contribution in [0.15, 0.2) is 24.3 Å². The molecule has 102 valence electrons. The monoisotopic (exact) mass is 261 g/mol. The Morgan fingerprint density at radius 2 is 1.89 bits per heavy atom. The summed E-state index contributed by atoms with van der Waals surface area (Å²) in [4.78, 5) is 26.8. The van der Waals surface area contributed by atoms with Crippen molar-refractivity contribution in [2.24, 2.45) is 0 Å². The zero-order valence-corrected chi connectivity index (χ0v) is 11.1. The van der Waals surface area contributed by atoms with E-state index < -0.39 is 0 Å². The number of carbonyl (C=O) groups is 2. The van der Waals surface area contributed by atoms with Crippen LogP contribution in [0.3, 0.4) is 0 Å². The van der Waals surface area contributed by atoms with E-state index in [1.54, 1.807) is 24.3 Å². The second-order valence-corrected chi connectivity index (χ2v) is 4.79.